The molecule has 0 saturated heterocycles. The number of fused-ring (bicyclic) bond motifs is 1. The second kappa shape index (κ2) is 3.18. The Hall–Kier alpha value is -0.350. The second-order valence-electron chi connectivity index (χ2n) is 2.44. The number of pyridine rings is 1. The van der Waals surface area contributed by atoms with Gasteiger partial charge in [-0.15, -0.1) is 0 Å². The number of hydrogen-bond donors (Lipinski definition) is 0. The van der Waals surface area contributed by atoms with Crippen LogP contribution >= 0.6 is 34.2 Å². The van der Waals surface area contributed by atoms with Gasteiger partial charge in [-0.05, 0) is 28.7 Å². The predicted molar refractivity (Wildman–Crippen MR) is 59.5 cm³/mol. The van der Waals surface area contributed by atoms with Crippen molar-refractivity contribution in [2.45, 2.75) is 0 Å². The van der Waals surface area contributed by atoms with Gasteiger partial charge in [0.05, 0.1) is 10.5 Å². The lowest BCUT2D eigenvalue weighted by Crippen LogP contribution is -1.82. The van der Waals surface area contributed by atoms with Gasteiger partial charge in [-0.1, -0.05) is 29.8 Å². The molecule has 12 heavy (non-hydrogen) atoms. The average Bonchev–Trinajstić information content (AvgIpc) is 2.12. The molecule has 3 heteroatoms. The normalized spacial score (nSPS) is 10.5. The van der Waals surface area contributed by atoms with E-state index in [-0.39, 0.29) is 0 Å². The first-order valence-electron chi connectivity index (χ1n) is 3.48. The van der Waals surface area contributed by atoms with Crippen LogP contribution in [0.15, 0.2) is 30.5 Å². The minimum absolute atomic E-state index is 0.717. The van der Waals surface area contributed by atoms with Crippen molar-refractivity contribution in [3.8, 4) is 0 Å². The molecule has 0 saturated carbocycles. The van der Waals surface area contributed by atoms with Gasteiger partial charge >= 0.3 is 0 Å². The van der Waals surface area contributed by atoms with E-state index in [9.17, 15) is 0 Å². The summed E-state index contributed by atoms with van der Waals surface area (Å²) >= 11 is 8.15. The number of nitrogens with zero attached hydrogens (tertiary/aromatic N) is 1. The Morgan fingerprint density at radius 2 is 2.00 bits per heavy atom. The third-order valence-electron chi connectivity index (χ3n) is 1.67. The Morgan fingerprint density at radius 3 is 2.83 bits per heavy atom. The lowest BCUT2D eigenvalue weighted by atomic mass is 10.2. The van der Waals surface area contributed by atoms with Crippen LogP contribution < -0.4 is 0 Å². The van der Waals surface area contributed by atoms with Gasteiger partial charge in [-0.2, -0.15) is 0 Å². The van der Waals surface area contributed by atoms with E-state index in [0.29, 0.717) is 5.02 Å². The summed E-state index contributed by atoms with van der Waals surface area (Å²) < 4.78 is 1.07. The lowest BCUT2D eigenvalue weighted by molar-refractivity contribution is 1.40. The summed E-state index contributed by atoms with van der Waals surface area (Å²) in [5.74, 6) is 0. The number of para-hydroxylation sites is 1. The van der Waals surface area contributed by atoms with Gasteiger partial charge in [0.15, 0.2) is 0 Å². The third kappa shape index (κ3) is 1.29. The predicted octanol–water partition coefficient (Wildman–Crippen LogP) is 3.49. The maximum Gasteiger partial charge on any atom is 0.0729 e. The highest BCUT2D eigenvalue weighted by Gasteiger charge is 2.01. The summed E-state index contributed by atoms with van der Waals surface area (Å²) in [6, 6.07) is 7.96. The van der Waals surface area contributed by atoms with Crippen LogP contribution in [0.1, 0.15) is 0 Å². The molecule has 1 aromatic carbocycles. The maximum atomic E-state index is 5.92. The Labute approximate surface area is 88.9 Å². The summed E-state index contributed by atoms with van der Waals surface area (Å²) in [5, 5.41) is 1.83. The van der Waals surface area contributed by atoms with Crippen molar-refractivity contribution < 1.29 is 0 Å². The van der Waals surface area contributed by atoms with E-state index in [2.05, 4.69) is 27.6 Å². The standard InChI is InChI=1S/C9H5ClIN/c10-7-5-12-8-4-2-1-3-6(8)9(7)11/h1-5H. The molecule has 2 rings (SSSR count). The molecule has 1 heterocycles. The van der Waals surface area contributed by atoms with E-state index in [1.807, 2.05) is 24.3 Å². The van der Waals surface area contributed by atoms with E-state index in [0.717, 1.165) is 14.5 Å². The van der Waals surface area contributed by atoms with Gasteiger partial charge in [-0.3, -0.25) is 4.98 Å². The maximum absolute atomic E-state index is 5.92. The molecule has 0 N–H and O–H groups in total. The van der Waals surface area contributed by atoms with Crippen LogP contribution in [0.25, 0.3) is 10.9 Å². The minimum atomic E-state index is 0.717. The first-order valence-corrected chi connectivity index (χ1v) is 4.93. The van der Waals surface area contributed by atoms with Crippen molar-refractivity contribution in [3.63, 3.8) is 0 Å². The highest BCUT2D eigenvalue weighted by Crippen LogP contribution is 2.25. The van der Waals surface area contributed by atoms with Crippen molar-refractivity contribution in [1.29, 1.82) is 0 Å². The Bertz CT molecular complexity index is 428. The zero-order chi connectivity index (χ0) is 8.55. The fraction of sp³-hybridized carbons (Fsp3) is 0. The van der Waals surface area contributed by atoms with E-state index in [1.165, 1.54) is 0 Å². The summed E-state index contributed by atoms with van der Waals surface area (Å²) in [4.78, 5) is 4.20. The average molecular weight is 290 g/mol. The zero-order valence-corrected chi connectivity index (χ0v) is 9.00. The number of aromatic nitrogens is 1. The van der Waals surface area contributed by atoms with Gasteiger partial charge in [0.2, 0.25) is 0 Å². The summed E-state index contributed by atoms with van der Waals surface area (Å²) in [6.07, 6.45) is 1.69. The van der Waals surface area contributed by atoms with E-state index in [1.54, 1.807) is 6.20 Å². The lowest BCUT2D eigenvalue weighted by Gasteiger charge is -2.00. The quantitative estimate of drug-likeness (QED) is 0.677. The van der Waals surface area contributed by atoms with Gasteiger partial charge in [0, 0.05) is 15.2 Å². The number of halogens is 2. The first kappa shape index (κ1) is 8.26. The van der Waals surface area contributed by atoms with Gasteiger partial charge in [-0.25, -0.2) is 0 Å². The van der Waals surface area contributed by atoms with E-state index >= 15 is 0 Å². The highest BCUT2D eigenvalue weighted by molar-refractivity contribution is 14.1. The minimum Gasteiger partial charge on any atom is -0.255 e. The van der Waals surface area contributed by atoms with Crippen LogP contribution in [0.2, 0.25) is 5.02 Å². The van der Waals surface area contributed by atoms with Crippen LogP contribution in [-0.2, 0) is 0 Å². The smallest absolute Gasteiger partial charge is 0.0729 e. The van der Waals surface area contributed by atoms with Crippen molar-refractivity contribution in [1.82, 2.24) is 4.98 Å². The van der Waals surface area contributed by atoms with Crippen LogP contribution in [-0.4, -0.2) is 4.98 Å². The fourth-order valence-electron chi connectivity index (χ4n) is 1.08. The second-order valence-corrected chi connectivity index (χ2v) is 3.92. The Morgan fingerprint density at radius 1 is 1.25 bits per heavy atom. The molecule has 0 atom stereocenters. The number of benzene rings is 1. The SMILES string of the molecule is Clc1cnc2ccccc2c1I. The third-order valence-corrected chi connectivity index (χ3v) is 3.43. The molecule has 0 bridgehead atoms. The molecule has 0 aliphatic heterocycles. The van der Waals surface area contributed by atoms with Crippen molar-refractivity contribution in [2.24, 2.45) is 0 Å². The van der Waals surface area contributed by atoms with Crippen molar-refractivity contribution in [2.75, 3.05) is 0 Å². The van der Waals surface area contributed by atoms with Gasteiger partial charge in [0.25, 0.3) is 0 Å². The largest absolute Gasteiger partial charge is 0.255 e. The number of hydrogen-bond acceptors (Lipinski definition) is 1. The molecule has 1 aromatic heterocycles. The molecule has 0 fully saturated rings. The summed E-state index contributed by atoms with van der Waals surface area (Å²) in [7, 11) is 0. The molecule has 60 valence electrons. The Kier molecular flexibility index (Phi) is 2.19. The van der Waals surface area contributed by atoms with Crippen LogP contribution in [0.4, 0.5) is 0 Å². The molecular weight excluding hydrogens is 284 g/mol. The van der Waals surface area contributed by atoms with E-state index in [4.69, 9.17) is 11.6 Å². The molecular formula is C9H5ClIN. The highest BCUT2D eigenvalue weighted by atomic mass is 127. The number of rotatable bonds is 0. The first-order chi connectivity index (χ1) is 5.79. The van der Waals surface area contributed by atoms with Crippen LogP contribution in [0, 0.1) is 3.57 Å². The molecule has 0 amide bonds. The van der Waals surface area contributed by atoms with Crippen LogP contribution in [0.3, 0.4) is 0 Å². The molecule has 0 aliphatic carbocycles. The fourth-order valence-corrected chi connectivity index (χ4v) is 1.83. The van der Waals surface area contributed by atoms with Gasteiger partial charge < -0.3 is 0 Å². The topological polar surface area (TPSA) is 12.9 Å². The van der Waals surface area contributed by atoms with Crippen LogP contribution in [0.5, 0.6) is 0 Å². The molecule has 1 nitrogen and oxygen atoms in total. The molecule has 0 spiro atoms. The Balaban J connectivity index is 2.91. The summed E-state index contributed by atoms with van der Waals surface area (Å²) in [5.41, 5.74) is 0.992. The molecule has 0 radical (unpaired) electrons. The molecule has 0 unspecified atom stereocenters. The molecule has 2 aromatic rings. The van der Waals surface area contributed by atoms with Crippen molar-refractivity contribution >= 4 is 45.1 Å². The van der Waals surface area contributed by atoms with Gasteiger partial charge in [0.1, 0.15) is 0 Å². The molecule has 0 aliphatic rings. The van der Waals surface area contributed by atoms with Crippen molar-refractivity contribution in [3.05, 3.63) is 39.1 Å². The zero-order valence-electron chi connectivity index (χ0n) is 6.09. The monoisotopic (exact) mass is 289 g/mol. The van der Waals surface area contributed by atoms with E-state index < -0.39 is 0 Å². The summed E-state index contributed by atoms with van der Waals surface area (Å²) in [6.45, 7) is 0.